The van der Waals surface area contributed by atoms with Gasteiger partial charge in [0.05, 0.1) is 5.56 Å². The van der Waals surface area contributed by atoms with E-state index in [0.717, 1.165) is 5.56 Å². The van der Waals surface area contributed by atoms with E-state index >= 15 is 0 Å². The van der Waals surface area contributed by atoms with Crippen LogP contribution in [0.2, 0.25) is 0 Å². The molecule has 88 valence electrons. The predicted octanol–water partition coefficient (Wildman–Crippen LogP) is 1.97. The van der Waals surface area contributed by atoms with Gasteiger partial charge in [0.25, 0.3) is 0 Å². The molecular formula is C11H11N3O2S. The van der Waals surface area contributed by atoms with Crippen molar-refractivity contribution in [1.82, 2.24) is 14.8 Å². The number of carboxylic acid groups (broad SMARTS) is 1. The molecule has 0 spiro atoms. The van der Waals surface area contributed by atoms with Gasteiger partial charge in [-0.15, -0.1) is 10.2 Å². The van der Waals surface area contributed by atoms with Crippen molar-refractivity contribution in [2.75, 3.05) is 0 Å². The van der Waals surface area contributed by atoms with Gasteiger partial charge in [-0.25, -0.2) is 4.79 Å². The molecule has 0 aliphatic rings. The highest BCUT2D eigenvalue weighted by Gasteiger charge is 2.15. The lowest BCUT2D eigenvalue weighted by Gasteiger charge is -2.08. The standard InChI is InChI=1S/C11H11N3O2S/c1-7-4-3-5-8(10(15)16)9(7)17-11-13-12-6-14(11)2/h3-6H,1-2H3,(H,15,16). The van der Waals surface area contributed by atoms with E-state index in [1.54, 1.807) is 23.0 Å². The summed E-state index contributed by atoms with van der Waals surface area (Å²) in [4.78, 5) is 11.8. The number of nitrogens with zero attached hydrogens (tertiary/aromatic N) is 3. The normalized spacial score (nSPS) is 10.5. The van der Waals surface area contributed by atoms with E-state index < -0.39 is 5.97 Å². The van der Waals surface area contributed by atoms with Crippen LogP contribution >= 0.6 is 11.8 Å². The lowest BCUT2D eigenvalue weighted by molar-refractivity contribution is 0.0693. The highest BCUT2D eigenvalue weighted by Crippen LogP contribution is 2.31. The molecule has 0 saturated heterocycles. The molecule has 1 N–H and O–H groups in total. The zero-order valence-electron chi connectivity index (χ0n) is 9.41. The van der Waals surface area contributed by atoms with Gasteiger partial charge in [0.15, 0.2) is 5.16 Å². The molecule has 0 radical (unpaired) electrons. The topological polar surface area (TPSA) is 68.0 Å². The van der Waals surface area contributed by atoms with E-state index in [1.807, 2.05) is 20.0 Å². The Morgan fingerprint density at radius 3 is 2.82 bits per heavy atom. The van der Waals surface area contributed by atoms with Crippen molar-refractivity contribution in [3.05, 3.63) is 35.7 Å². The zero-order valence-corrected chi connectivity index (χ0v) is 10.2. The number of rotatable bonds is 3. The van der Waals surface area contributed by atoms with Gasteiger partial charge in [-0.2, -0.15) is 0 Å². The second kappa shape index (κ2) is 4.58. The summed E-state index contributed by atoms with van der Waals surface area (Å²) in [5.74, 6) is -0.932. The first-order valence-electron chi connectivity index (χ1n) is 4.94. The summed E-state index contributed by atoms with van der Waals surface area (Å²) >= 11 is 1.31. The fourth-order valence-electron chi connectivity index (χ4n) is 1.41. The Morgan fingerprint density at radius 2 is 2.24 bits per heavy atom. The third-order valence-corrected chi connectivity index (χ3v) is 3.60. The van der Waals surface area contributed by atoms with Crippen molar-refractivity contribution in [3.63, 3.8) is 0 Å². The monoisotopic (exact) mass is 249 g/mol. The predicted molar refractivity (Wildman–Crippen MR) is 63.3 cm³/mol. The molecular weight excluding hydrogens is 238 g/mol. The van der Waals surface area contributed by atoms with E-state index in [4.69, 9.17) is 5.11 Å². The third-order valence-electron chi connectivity index (χ3n) is 2.31. The van der Waals surface area contributed by atoms with Crippen molar-refractivity contribution in [2.45, 2.75) is 17.0 Å². The molecule has 0 aliphatic carbocycles. The van der Waals surface area contributed by atoms with Crippen molar-refractivity contribution < 1.29 is 9.90 Å². The lowest BCUT2D eigenvalue weighted by Crippen LogP contribution is -2.01. The Bertz CT molecular complexity index is 566. The summed E-state index contributed by atoms with van der Waals surface area (Å²) in [6.07, 6.45) is 1.58. The molecule has 17 heavy (non-hydrogen) atoms. The number of hydrogen-bond donors (Lipinski definition) is 1. The maximum absolute atomic E-state index is 11.1. The number of aromatic carboxylic acids is 1. The van der Waals surface area contributed by atoms with Crippen molar-refractivity contribution in [1.29, 1.82) is 0 Å². The molecule has 1 aromatic carbocycles. The second-order valence-electron chi connectivity index (χ2n) is 3.58. The van der Waals surface area contributed by atoms with E-state index in [9.17, 15) is 4.79 Å². The number of aryl methyl sites for hydroxylation is 2. The molecule has 5 nitrogen and oxygen atoms in total. The van der Waals surface area contributed by atoms with Gasteiger partial charge in [0, 0.05) is 11.9 Å². The Morgan fingerprint density at radius 1 is 1.47 bits per heavy atom. The highest BCUT2D eigenvalue weighted by molar-refractivity contribution is 7.99. The fraction of sp³-hybridized carbons (Fsp3) is 0.182. The molecule has 0 fully saturated rings. The van der Waals surface area contributed by atoms with Gasteiger partial charge in [-0.3, -0.25) is 0 Å². The highest BCUT2D eigenvalue weighted by atomic mass is 32.2. The molecule has 0 unspecified atom stereocenters. The first-order valence-corrected chi connectivity index (χ1v) is 5.76. The number of carbonyl (C=O) groups is 1. The van der Waals surface area contributed by atoms with Crippen LogP contribution in [0.5, 0.6) is 0 Å². The van der Waals surface area contributed by atoms with Crippen molar-refractivity contribution in [2.24, 2.45) is 7.05 Å². The summed E-state index contributed by atoms with van der Waals surface area (Å²) < 4.78 is 1.75. The summed E-state index contributed by atoms with van der Waals surface area (Å²) in [6, 6.07) is 5.21. The van der Waals surface area contributed by atoms with Crippen LogP contribution in [0.25, 0.3) is 0 Å². The van der Waals surface area contributed by atoms with E-state index in [2.05, 4.69) is 10.2 Å². The van der Waals surface area contributed by atoms with Crippen LogP contribution in [0.1, 0.15) is 15.9 Å². The summed E-state index contributed by atoms with van der Waals surface area (Å²) in [6.45, 7) is 1.88. The quantitative estimate of drug-likeness (QED) is 0.900. The van der Waals surface area contributed by atoms with Crippen LogP contribution in [0, 0.1) is 6.92 Å². The van der Waals surface area contributed by atoms with Crippen molar-refractivity contribution in [3.8, 4) is 0 Å². The van der Waals surface area contributed by atoms with E-state index in [0.29, 0.717) is 10.1 Å². The van der Waals surface area contributed by atoms with E-state index in [1.165, 1.54) is 11.8 Å². The minimum absolute atomic E-state index is 0.290. The molecule has 0 amide bonds. The number of aromatic nitrogens is 3. The molecule has 2 aromatic rings. The largest absolute Gasteiger partial charge is 0.478 e. The molecule has 0 saturated carbocycles. The minimum Gasteiger partial charge on any atom is -0.478 e. The van der Waals surface area contributed by atoms with E-state index in [-0.39, 0.29) is 5.56 Å². The average Bonchev–Trinajstić information content (AvgIpc) is 2.67. The van der Waals surface area contributed by atoms with Crippen LogP contribution < -0.4 is 0 Å². The molecule has 0 atom stereocenters. The fourth-order valence-corrected chi connectivity index (χ4v) is 2.37. The molecule has 0 aliphatic heterocycles. The van der Waals surface area contributed by atoms with Crippen LogP contribution in [0.3, 0.4) is 0 Å². The maximum Gasteiger partial charge on any atom is 0.336 e. The Kier molecular flexibility index (Phi) is 3.14. The smallest absolute Gasteiger partial charge is 0.336 e. The van der Waals surface area contributed by atoms with Crippen LogP contribution in [0.15, 0.2) is 34.6 Å². The molecule has 6 heteroatoms. The first kappa shape index (κ1) is 11.7. The molecule has 1 heterocycles. The Balaban J connectivity index is 2.45. The third kappa shape index (κ3) is 2.31. The zero-order chi connectivity index (χ0) is 12.4. The Labute approximate surface area is 102 Å². The van der Waals surface area contributed by atoms with Gasteiger partial charge >= 0.3 is 5.97 Å². The van der Waals surface area contributed by atoms with Gasteiger partial charge in [0.2, 0.25) is 0 Å². The van der Waals surface area contributed by atoms with Crippen molar-refractivity contribution >= 4 is 17.7 Å². The summed E-state index contributed by atoms with van der Waals surface area (Å²) in [5, 5.41) is 17.5. The van der Waals surface area contributed by atoms with Crippen LogP contribution in [-0.2, 0) is 7.05 Å². The number of benzene rings is 1. The summed E-state index contributed by atoms with van der Waals surface area (Å²) in [5.41, 5.74) is 1.20. The Hall–Kier alpha value is -1.82. The summed E-state index contributed by atoms with van der Waals surface area (Å²) in [7, 11) is 1.82. The van der Waals surface area contributed by atoms with Gasteiger partial charge < -0.3 is 9.67 Å². The van der Waals surface area contributed by atoms with Gasteiger partial charge in [-0.1, -0.05) is 12.1 Å². The number of hydrogen-bond acceptors (Lipinski definition) is 4. The second-order valence-corrected chi connectivity index (χ2v) is 4.56. The maximum atomic E-state index is 11.1. The minimum atomic E-state index is -0.932. The van der Waals surface area contributed by atoms with Gasteiger partial charge in [0.1, 0.15) is 6.33 Å². The van der Waals surface area contributed by atoms with Crippen LogP contribution in [0.4, 0.5) is 0 Å². The van der Waals surface area contributed by atoms with Crippen LogP contribution in [-0.4, -0.2) is 25.8 Å². The van der Waals surface area contributed by atoms with Gasteiger partial charge in [-0.05, 0) is 30.3 Å². The molecule has 0 bridgehead atoms. The first-order chi connectivity index (χ1) is 8.09. The lowest BCUT2D eigenvalue weighted by atomic mass is 10.1. The average molecular weight is 249 g/mol. The molecule has 1 aromatic heterocycles. The molecule has 2 rings (SSSR count). The number of carboxylic acids is 1. The SMILES string of the molecule is Cc1cccc(C(=O)O)c1Sc1nncn1C.